The van der Waals surface area contributed by atoms with Gasteiger partial charge < -0.3 is 20.1 Å². The van der Waals surface area contributed by atoms with Crippen molar-refractivity contribution in [1.29, 1.82) is 0 Å². The summed E-state index contributed by atoms with van der Waals surface area (Å²) in [6.45, 7) is 3.24. The SMILES string of the molecule is CC[C@@]1(O)C(=O)OCc2c1cc1n(c2=O)Cc2c-1nc1ccccc1c2C=NNC(=O)C(C)N. The van der Waals surface area contributed by atoms with E-state index in [-0.39, 0.29) is 36.3 Å². The lowest BCUT2D eigenvalue weighted by atomic mass is 9.86. The van der Waals surface area contributed by atoms with Crippen molar-refractivity contribution in [1.82, 2.24) is 15.0 Å². The van der Waals surface area contributed by atoms with Crippen molar-refractivity contribution >= 4 is 29.0 Å². The highest BCUT2D eigenvalue weighted by Crippen LogP contribution is 2.39. The summed E-state index contributed by atoms with van der Waals surface area (Å²) in [5.41, 5.74) is 9.43. The highest BCUT2D eigenvalue weighted by atomic mass is 16.6. The highest BCUT2D eigenvalue weighted by molar-refractivity contribution is 6.02. The van der Waals surface area contributed by atoms with Crippen LogP contribution in [0.5, 0.6) is 0 Å². The fourth-order valence-corrected chi connectivity index (χ4v) is 4.47. The Kier molecular flexibility index (Phi) is 5.07. The molecule has 3 aromatic rings. The Balaban J connectivity index is 1.72. The molecule has 34 heavy (non-hydrogen) atoms. The molecule has 0 saturated heterocycles. The van der Waals surface area contributed by atoms with Crippen LogP contribution in [0.15, 0.2) is 40.2 Å². The van der Waals surface area contributed by atoms with Gasteiger partial charge in [-0.05, 0) is 25.5 Å². The van der Waals surface area contributed by atoms with Crippen molar-refractivity contribution in [3.8, 4) is 11.4 Å². The molecule has 2 aliphatic rings. The largest absolute Gasteiger partial charge is 0.458 e. The Morgan fingerprint density at radius 3 is 2.88 bits per heavy atom. The van der Waals surface area contributed by atoms with Crippen LogP contribution in [0.3, 0.4) is 0 Å². The summed E-state index contributed by atoms with van der Waals surface area (Å²) in [6.07, 6.45) is 1.59. The van der Waals surface area contributed by atoms with E-state index in [4.69, 9.17) is 15.5 Å². The lowest BCUT2D eigenvalue weighted by Crippen LogP contribution is -2.44. The zero-order valence-electron chi connectivity index (χ0n) is 18.7. The molecule has 2 aromatic heterocycles. The molecule has 5 rings (SSSR count). The number of fused-ring (bicyclic) bond motifs is 5. The monoisotopic (exact) mass is 461 g/mol. The van der Waals surface area contributed by atoms with Crippen LogP contribution in [-0.4, -0.2) is 38.8 Å². The normalized spacial score (nSPS) is 19.5. The molecule has 4 heterocycles. The zero-order valence-corrected chi connectivity index (χ0v) is 18.7. The van der Waals surface area contributed by atoms with Gasteiger partial charge in [-0.2, -0.15) is 5.10 Å². The number of nitrogens with two attached hydrogens (primary N) is 1. The standard InChI is InChI=1S/C24H23N5O5/c1-3-24(33)17-8-19-20-15(10-29(19)22(31)16(17)11-34-23(24)32)14(9-26-28-21(30)12(2)25)13-6-4-5-7-18(13)27-20/h4-9,12,33H,3,10-11,25H2,1-2H3,(H,28,30)/t12?,24-/m0/s1. The Morgan fingerprint density at radius 1 is 1.38 bits per heavy atom. The number of rotatable bonds is 4. The first-order chi connectivity index (χ1) is 16.3. The third-order valence-electron chi connectivity index (χ3n) is 6.42. The number of nitrogens with one attached hydrogen (secondary N) is 1. The molecule has 0 saturated carbocycles. The first-order valence-electron chi connectivity index (χ1n) is 10.9. The molecule has 174 valence electrons. The van der Waals surface area contributed by atoms with Gasteiger partial charge in [0.1, 0.15) is 6.61 Å². The number of aromatic nitrogens is 2. The molecule has 10 heteroatoms. The van der Waals surface area contributed by atoms with Crippen LogP contribution in [0, 0.1) is 0 Å². The van der Waals surface area contributed by atoms with Crippen LogP contribution in [0.1, 0.15) is 42.5 Å². The number of carbonyl (C=O) groups excluding carboxylic acids is 2. The van der Waals surface area contributed by atoms with Crippen LogP contribution in [0.25, 0.3) is 22.3 Å². The topological polar surface area (TPSA) is 149 Å². The van der Waals surface area contributed by atoms with Crippen molar-refractivity contribution in [2.24, 2.45) is 10.8 Å². The summed E-state index contributed by atoms with van der Waals surface area (Å²) >= 11 is 0. The third-order valence-corrected chi connectivity index (χ3v) is 6.42. The number of pyridine rings is 2. The molecule has 1 aromatic carbocycles. The highest BCUT2D eigenvalue weighted by Gasteiger charge is 2.45. The van der Waals surface area contributed by atoms with Gasteiger partial charge in [0.25, 0.3) is 11.5 Å². The molecule has 4 N–H and O–H groups in total. The van der Waals surface area contributed by atoms with Crippen LogP contribution in [-0.2, 0) is 33.1 Å². The van der Waals surface area contributed by atoms with Crippen LogP contribution in [0.2, 0.25) is 0 Å². The molecule has 0 aliphatic carbocycles. The molecular formula is C24H23N5O5. The molecule has 0 spiro atoms. The van der Waals surface area contributed by atoms with E-state index in [1.54, 1.807) is 24.5 Å². The van der Waals surface area contributed by atoms with E-state index in [2.05, 4.69) is 10.5 Å². The van der Waals surface area contributed by atoms with E-state index in [9.17, 15) is 19.5 Å². The molecule has 0 bridgehead atoms. The molecule has 2 aliphatic heterocycles. The Morgan fingerprint density at radius 2 is 2.15 bits per heavy atom. The summed E-state index contributed by atoms with van der Waals surface area (Å²) in [4.78, 5) is 42.4. The number of benzene rings is 1. The summed E-state index contributed by atoms with van der Waals surface area (Å²) in [7, 11) is 0. The van der Waals surface area contributed by atoms with Gasteiger partial charge in [-0.3, -0.25) is 9.59 Å². The van der Waals surface area contributed by atoms with Gasteiger partial charge in [-0.1, -0.05) is 25.1 Å². The number of esters is 1. The predicted octanol–water partition coefficient (Wildman–Crippen LogP) is 0.877. The average molecular weight is 461 g/mol. The van der Waals surface area contributed by atoms with Crippen molar-refractivity contribution in [3.63, 3.8) is 0 Å². The number of cyclic esters (lactones) is 1. The van der Waals surface area contributed by atoms with Crippen LogP contribution >= 0.6 is 0 Å². The number of hydrazone groups is 1. The molecular weight excluding hydrogens is 438 g/mol. The summed E-state index contributed by atoms with van der Waals surface area (Å²) in [5, 5.41) is 15.9. The number of aliphatic hydroxyl groups is 1. The number of amides is 1. The lowest BCUT2D eigenvalue weighted by Gasteiger charge is -2.31. The minimum atomic E-state index is -1.89. The fourth-order valence-electron chi connectivity index (χ4n) is 4.47. The minimum Gasteiger partial charge on any atom is -0.458 e. The first-order valence-corrected chi connectivity index (χ1v) is 10.9. The van der Waals surface area contributed by atoms with Gasteiger partial charge in [0, 0.05) is 22.1 Å². The van der Waals surface area contributed by atoms with Crippen molar-refractivity contribution in [2.75, 3.05) is 0 Å². The molecule has 1 amide bonds. The average Bonchev–Trinajstić information content (AvgIpc) is 3.20. The van der Waals surface area contributed by atoms with Crippen LogP contribution in [0.4, 0.5) is 0 Å². The second-order valence-corrected chi connectivity index (χ2v) is 8.50. The first kappa shape index (κ1) is 21.9. The van der Waals surface area contributed by atoms with E-state index in [1.165, 1.54) is 6.21 Å². The van der Waals surface area contributed by atoms with Gasteiger partial charge in [0.2, 0.25) is 0 Å². The van der Waals surface area contributed by atoms with Gasteiger partial charge >= 0.3 is 5.97 Å². The van der Waals surface area contributed by atoms with E-state index < -0.39 is 23.5 Å². The predicted molar refractivity (Wildman–Crippen MR) is 124 cm³/mol. The molecule has 10 nitrogen and oxygen atoms in total. The van der Waals surface area contributed by atoms with Gasteiger partial charge in [0.15, 0.2) is 5.60 Å². The zero-order chi connectivity index (χ0) is 24.2. The molecule has 0 radical (unpaired) electrons. The molecule has 2 atom stereocenters. The fraction of sp³-hybridized carbons (Fsp3) is 0.292. The maximum Gasteiger partial charge on any atom is 0.343 e. The number of carbonyl (C=O) groups is 2. The van der Waals surface area contributed by atoms with Crippen molar-refractivity contribution in [3.05, 3.63) is 62.9 Å². The minimum absolute atomic E-state index is 0.0664. The van der Waals surface area contributed by atoms with E-state index in [0.717, 1.165) is 10.9 Å². The van der Waals surface area contributed by atoms with Crippen molar-refractivity contribution in [2.45, 2.75) is 45.1 Å². The summed E-state index contributed by atoms with van der Waals surface area (Å²) in [6, 6.07) is 8.39. The molecule has 0 fully saturated rings. The van der Waals surface area contributed by atoms with Gasteiger partial charge in [-0.15, -0.1) is 0 Å². The van der Waals surface area contributed by atoms with E-state index >= 15 is 0 Å². The number of hydrogen-bond acceptors (Lipinski definition) is 8. The number of hydrogen-bond donors (Lipinski definition) is 3. The van der Waals surface area contributed by atoms with Gasteiger partial charge in [0.05, 0.1) is 41.3 Å². The smallest absolute Gasteiger partial charge is 0.343 e. The number of nitrogens with zero attached hydrogens (tertiary/aromatic N) is 3. The third kappa shape index (κ3) is 3.14. The second-order valence-electron chi connectivity index (χ2n) is 8.50. The van der Waals surface area contributed by atoms with E-state index in [0.29, 0.717) is 22.5 Å². The van der Waals surface area contributed by atoms with Crippen molar-refractivity contribution < 1.29 is 19.4 Å². The second kappa shape index (κ2) is 7.86. The summed E-state index contributed by atoms with van der Waals surface area (Å²) < 4.78 is 6.68. The Labute approximate surface area is 194 Å². The van der Waals surface area contributed by atoms with E-state index in [1.807, 2.05) is 24.3 Å². The quantitative estimate of drug-likeness (QED) is 0.232. The van der Waals surface area contributed by atoms with Gasteiger partial charge in [-0.25, -0.2) is 15.2 Å². The number of ether oxygens (including phenoxy) is 1. The Bertz CT molecular complexity index is 1460. The van der Waals surface area contributed by atoms with Crippen LogP contribution < -0.4 is 16.7 Å². The molecule has 1 unspecified atom stereocenters. The number of para-hydroxylation sites is 1. The summed E-state index contributed by atoms with van der Waals surface area (Å²) in [5.74, 6) is -1.20. The lowest BCUT2D eigenvalue weighted by molar-refractivity contribution is -0.172. The maximum absolute atomic E-state index is 13.4. The maximum atomic E-state index is 13.4. The Hall–Kier alpha value is -3.89.